The predicted octanol–water partition coefficient (Wildman–Crippen LogP) is 4.98. The van der Waals surface area contributed by atoms with Crippen LogP contribution in [-0.4, -0.2) is 18.0 Å². The summed E-state index contributed by atoms with van der Waals surface area (Å²) in [6.07, 6.45) is 9.37. The highest BCUT2D eigenvalue weighted by molar-refractivity contribution is 9.09. The number of hydrogen-bond acceptors (Lipinski definition) is 1. The van der Waals surface area contributed by atoms with E-state index in [1.54, 1.807) is 0 Å². The third-order valence-corrected chi connectivity index (χ3v) is 4.60. The summed E-state index contributed by atoms with van der Waals surface area (Å²) in [5, 5.41) is 1.10. The number of halogens is 1. The first-order chi connectivity index (χ1) is 9.38. The van der Waals surface area contributed by atoms with Crippen molar-refractivity contribution in [3.05, 3.63) is 35.9 Å². The fourth-order valence-electron chi connectivity index (χ4n) is 2.90. The van der Waals surface area contributed by atoms with E-state index < -0.39 is 0 Å². The zero-order chi connectivity index (χ0) is 13.3. The SMILES string of the molecule is BrCCCCOC1CCC(Cc2ccccc2)CC1. The van der Waals surface area contributed by atoms with Gasteiger partial charge in [-0.2, -0.15) is 0 Å². The summed E-state index contributed by atoms with van der Waals surface area (Å²) < 4.78 is 5.96. The molecular formula is C17H25BrO. The van der Waals surface area contributed by atoms with Gasteiger partial charge >= 0.3 is 0 Å². The van der Waals surface area contributed by atoms with Gasteiger partial charge in [0.15, 0.2) is 0 Å². The molecule has 0 heterocycles. The van der Waals surface area contributed by atoms with E-state index in [1.165, 1.54) is 50.5 Å². The summed E-state index contributed by atoms with van der Waals surface area (Å²) in [5.41, 5.74) is 1.49. The number of benzene rings is 1. The van der Waals surface area contributed by atoms with Gasteiger partial charge in [-0.3, -0.25) is 0 Å². The molecular weight excluding hydrogens is 300 g/mol. The molecule has 1 saturated carbocycles. The first-order valence-corrected chi connectivity index (χ1v) is 8.72. The molecule has 0 radical (unpaired) electrons. The Morgan fingerprint density at radius 2 is 1.74 bits per heavy atom. The van der Waals surface area contributed by atoms with Gasteiger partial charge in [0, 0.05) is 11.9 Å². The monoisotopic (exact) mass is 324 g/mol. The van der Waals surface area contributed by atoms with Gasteiger partial charge in [-0.1, -0.05) is 46.3 Å². The van der Waals surface area contributed by atoms with Gasteiger partial charge in [0.1, 0.15) is 0 Å². The Morgan fingerprint density at radius 3 is 2.42 bits per heavy atom. The van der Waals surface area contributed by atoms with Crippen LogP contribution >= 0.6 is 15.9 Å². The molecule has 1 fully saturated rings. The molecule has 0 atom stereocenters. The van der Waals surface area contributed by atoms with Gasteiger partial charge < -0.3 is 4.74 Å². The molecule has 2 rings (SSSR count). The van der Waals surface area contributed by atoms with Gasteiger partial charge in [0.05, 0.1) is 6.10 Å². The molecule has 1 aliphatic rings. The molecule has 0 unspecified atom stereocenters. The van der Waals surface area contributed by atoms with Crippen LogP contribution < -0.4 is 0 Å². The van der Waals surface area contributed by atoms with Crippen LogP contribution in [0.1, 0.15) is 44.1 Å². The minimum absolute atomic E-state index is 0.530. The minimum atomic E-state index is 0.530. The first kappa shape index (κ1) is 15.1. The van der Waals surface area contributed by atoms with Crippen molar-refractivity contribution < 1.29 is 4.74 Å². The topological polar surface area (TPSA) is 9.23 Å². The zero-order valence-corrected chi connectivity index (χ0v) is 13.3. The van der Waals surface area contributed by atoms with Gasteiger partial charge in [-0.05, 0) is 56.4 Å². The van der Waals surface area contributed by atoms with Gasteiger partial charge in [0.2, 0.25) is 0 Å². The maximum absolute atomic E-state index is 5.96. The van der Waals surface area contributed by atoms with Crippen molar-refractivity contribution in [2.45, 2.75) is 51.0 Å². The van der Waals surface area contributed by atoms with Crippen LogP contribution in [0, 0.1) is 5.92 Å². The highest BCUT2D eigenvalue weighted by atomic mass is 79.9. The van der Waals surface area contributed by atoms with E-state index in [-0.39, 0.29) is 0 Å². The maximum Gasteiger partial charge on any atom is 0.0575 e. The minimum Gasteiger partial charge on any atom is -0.378 e. The molecule has 2 heteroatoms. The fourth-order valence-corrected chi connectivity index (χ4v) is 3.29. The highest BCUT2D eigenvalue weighted by Gasteiger charge is 2.21. The quantitative estimate of drug-likeness (QED) is 0.507. The molecule has 0 aromatic heterocycles. The Balaban J connectivity index is 1.62. The lowest BCUT2D eigenvalue weighted by Gasteiger charge is -2.28. The third-order valence-electron chi connectivity index (χ3n) is 4.04. The maximum atomic E-state index is 5.96. The van der Waals surface area contributed by atoms with E-state index in [9.17, 15) is 0 Å². The van der Waals surface area contributed by atoms with Gasteiger partial charge in [-0.25, -0.2) is 0 Å². The largest absolute Gasteiger partial charge is 0.378 e. The van der Waals surface area contributed by atoms with E-state index in [0.717, 1.165) is 17.9 Å². The Labute approximate surface area is 125 Å². The van der Waals surface area contributed by atoms with Crippen molar-refractivity contribution in [3.63, 3.8) is 0 Å². The third kappa shape index (κ3) is 5.66. The van der Waals surface area contributed by atoms with Crippen LogP contribution in [0.5, 0.6) is 0 Å². The summed E-state index contributed by atoms with van der Waals surface area (Å²) >= 11 is 3.46. The molecule has 0 aliphatic heterocycles. The normalized spacial score (nSPS) is 23.4. The molecule has 1 aromatic carbocycles. The van der Waals surface area contributed by atoms with Crippen LogP contribution in [0.2, 0.25) is 0 Å². The van der Waals surface area contributed by atoms with E-state index >= 15 is 0 Å². The van der Waals surface area contributed by atoms with Crippen LogP contribution in [-0.2, 0) is 11.2 Å². The molecule has 1 aliphatic carbocycles. The predicted molar refractivity (Wildman–Crippen MR) is 84.9 cm³/mol. The Bertz CT molecular complexity index is 330. The average Bonchev–Trinajstić information content (AvgIpc) is 2.46. The number of rotatable bonds is 7. The zero-order valence-electron chi connectivity index (χ0n) is 11.7. The molecule has 0 spiro atoms. The van der Waals surface area contributed by atoms with E-state index in [2.05, 4.69) is 46.3 Å². The van der Waals surface area contributed by atoms with Crippen molar-refractivity contribution in [2.75, 3.05) is 11.9 Å². The first-order valence-electron chi connectivity index (χ1n) is 7.60. The molecule has 1 nitrogen and oxygen atoms in total. The fraction of sp³-hybridized carbons (Fsp3) is 0.647. The summed E-state index contributed by atoms with van der Waals surface area (Å²) in [6.45, 7) is 0.944. The number of alkyl halides is 1. The van der Waals surface area contributed by atoms with E-state index in [1.807, 2.05) is 0 Å². The number of ether oxygens (including phenoxy) is 1. The van der Waals surface area contributed by atoms with Crippen LogP contribution in [0.15, 0.2) is 30.3 Å². The molecule has 0 N–H and O–H groups in total. The summed E-state index contributed by atoms with van der Waals surface area (Å²) in [5.74, 6) is 0.866. The van der Waals surface area contributed by atoms with Gasteiger partial charge in [0.25, 0.3) is 0 Å². The number of unbranched alkanes of at least 4 members (excludes halogenated alkanes) is 1. The summed E-state index contributed by atoms with van der Waals surface area (Å²) in [7, 11) is 0. The van der Waals surface area contributed by atoms with Crippen LogP contribution in [0.4, 0.5) is 0 Å². The Morgan fingerprint density at radius 1 is 1.00 bits per heavy atom. The van der Waals surface area contributed by atoms with Crippen LogP contribution in [0.3, 0.4) is 0 Å². The summed E-state index contributed by atoms with van der Waals surface area (Å²) in [6, 6.07) is 10.9. The van der Waals surface area contributed by atoms with E-state index in [0.29, 0.717) is 6.10 Å². The Kier molecular flexibility index (Phi) is 6.94. The standard InChI is InChI=1S/C17H25BrO/c18-12-4-5-13-19-17-10-8-16(9-11-17)14-15-6-2-1-3-7-15/h1-3,6-7,16-17H,4-5,8-14H2. The molecule has 0 amide bonds. The second-order valence-electron chi connectivity index (χ2n) is 5.60. The lowest BCUT2D eigenvalue weighted by atomic mass is 9.83. The molecule has 1 aromatic rings. The molecule has 0 saturated heterocycles. The second kappa shape index (κ2) is 8.76. The van der Waals surface area contributed by atoms with Crippen molar-refractivity contribution in [1.82, 2.24) is 0 Å². The lowest BCUT2D eigenvalue weighted by molar-refractivity contribution is 0.0169. The van der Waals surface area contributed by atoms with Crippen molar-refractivity contribution in [1.29, 1.82) is 0 Å². The average molecular weight is 325 g/mol. The molecule has 19 heavy (non-hydrogen) atoms. The second-order valence-corrected chi connectivity index (χ2v) is 6.39. The Hall–Kier alpha value is -0.340. The highest BCUT2D eigenvalue weighted by Crippen LogP contribution is 2.29. The summed E-state index contributed by atoms with van der Waals surface area (Å²) in [4.78, 5) is 0. The van der Waals surface area contributed by atoms with Crippen molar-refractivity contribution in [3.8, 4) is 0 Å². The van der Waals surface area contributed by atoms with E-state index in [4.69, 9.17) is 4.74 Å². The molecule has 0 bridgehead atoms. The smallest absolute Gasteiger partial charge is 0.0575 e. The van der Waals surface area contributed by atoms with Crippen LogP contribution in [0.25, 0.3) is 0 Å². The molecule has 106 valence electrons. The van der Waals surface area contributed by atoms with Gasteiger partial charge in [-0.15, -0.1) is 0 Å². The number of hydrogen-bond donors (Lipinski definition) is 0. The van der Waals surface area contributed by atoms with Crippen molar-refractivity contribution in [2.24, 2.45) is 5.92 Å². The van der Waals surface area contributed by atoms with Crippen molar-refractivity contribution >= 4 is 15.9 Å². The lowest BCUT2D eigenvalue weighted by Crippen LogP contribution is -2.23.